The lowest BCUT2D eigenvalue weighted by Gasteiger charge is -2.05. The van der Waals surface area contributed by atoms with Gasteiger partial charge < -0.3 is 5.73 Å². The molecular weight excluding hydrogens is 302 g/mol. The third kappa shape index (κ3) is 2.58. The summed E-state index contributed by atoms with van der Waals surface area (Å²) in [4.78, 5) is 8.06. The molecule has 0 amide bonds. The van der Waals surface area contributed by atoms with Gasteiger partial charge in [-0.05, 0) is 18.2 Å². The molecule has 0 saturated heterocycles. The Bertz CT molecular complexity index is 974. The highest BCUT2D eigenvalue weighted by Crippen LogP contribution is 2.32. The van der Waals surface area contributed by atoms with Crippen LogP contribution in [-0.2, 0) is 0 Å². The fraction of sp³-hybridized carbons (Fsp3) is 0. The monoisotopic (exact) mass is 313 g/mol. The number of pyridine rings is 2. The zero-order valence-corrected chi connectivity index (χ0v) is 12.5. The van der Waals surface area contributed by atoms with E-state index in [1.54, 1.807) is 49.2 Å². The molecule has 0 aromatic carbocycles. The van der Waals surface area contributed by atoms with Crippen molar-refractivity contribution < 1.29 is 0 Å². The summed E-state index contributed by atoms with van der Waals surface area (Å²) in [5, 5.41) is 23.1. The van der Waals surface area contributed by atoms with Crippen molar-refractivity contribution in [3.05, 3.63) is 65.7 Å². The fourth-order valence-electron chi connectivity index (χ4n) is 2.27. The van der Waals surface area contributed by atoms with E-state index >= 15 is 0 Å². The average molecular weight is 313 g/mol. The smallest absolute Gasteiger partial charge is 0.145 e. The molecule has 2 N–H and O–H groups in total. The van der Waals surface area contributed by atoms with E-state index < -0.39 is 0 Å². The summed E-state index contributed by atoms with van der Waals surface area (Å²) < 4.78 is 1.38. The molecule has 3 rings (SSSR count). The molecule has 0 fully saturated rings. The first-order valence-electron chi connectivity index (χ1n) is 6.95. The van der Waals surface area contributed by atoms with Crippen LogP contribution in [0.5, 0.6) is 0 Å². The Morgan fingerprint density at radius 3 is 2.33 bits per heavy atom. The Morgan fingerprint density at radius 1 is 1.04 bits per heavy atom. The van der Waals surface area contributed by atoms with Crippen LogP contribution in [0.1, 0.15) is 16.7 Å². The third-order valence-electron chi connectivity index (χ3n) is 3.35. The maximum Gasteiger partial charge on any atom is 0.145 e. The van der Waals surface area contributed by atoms with Crippen LogP contribution in [0.25, 0.3) is 11.3 Å². The Labute approximate surface area is 137 Å². The molecule has 0 aliphatic rings. The molecule has 7 heteroatoms. The molecule has 3 heterocycles. The van der Waals surface area contributed by atoms with Gasteiger partial charge in [-0.2, -0.15) is 15.6 Å². The van der Waals surface area contributed by atoms with Gasteiger partial charge in [-0.25, -0.2) is 4.68 Å². The average Bonchev–Trinajstić information content (AvgIpc) is 2.92. The number of hydrogen-bond acceptors (Lipinski definition) is 6. The molecule has 3 aromatic heterocycles. The number of hydrogen-bond donors (Lipinski definition) is 1. The molecule has 0 aliphatic heterocycles. The highest BCUT2D eigenvalue weighted by Gasteiger charge is 2.22. The minimum atomic E-state index is 0.0969. The van der Waals surface area contributed by atoms with E-state index in [-0.39, 0.29) is 16.9 Å². The number of aromatic nitrogens is 3. The Hall–Kier alpha value is -3.97. The highest BCUT2D eigenvalue weighted by molar-refractivity contribution is 5.82. The van der Waals surface area contributed by atoms with E-state index in [9.17, 15) is 10.5 Å². The number of rotatable bonds is 3. The van der Waals surface area contributed by atoms with E-state index in [1.165, 1.54) is 4.68 Å². The lowest BCUT2D eigenvalue weighted by atomic mass is 10.1. The molecular formula is C17H11N7. The van der Waals surface area contributed by atoms with Crippen LogP contribution in [-0.4, -0.2) is 20.9 Å². The molecule has 0 atom stereocenters. The van der Waals surface area contributed by atoms with Gasteiger partial charge in [0.15, 0.2) is 0 Å². The lowest BCUT2D eigenvalue weighted by Crippen LogP contribution is -2.00. The van der Waals surface area contributed by atoms with Gasteiger partial charge in [0.25, 0.3) is 0 Å². The van der Waals surface area contributed by atoms with Crippen LogP contribution < -0.4 is 5.73 Å². The van der Waals surface area contributed by atoms with Crippen LogP contribution in [0.4, 0.5) is 5.82 Å². The molecule has 0 saturated carbocycles. The summed E-state index contributed by atoms with van der Waals surface area (Å²) in [6.45, 7) is 0. The van der Waals surface area contributed by atoms with Crippen LogP contribution in [0.3, 0.4) is 0 Å². The second-order valence-corrected chi connectivity index (χ2v) is 4.79. The first-order chi connectivity index (χ1) is 11.8. The largest absolute Gasteiger partial charge is 0.382 e. The van der Waals surface area contributed by atoms with E-state index in [0.717, 1.165) is 5.56 Å². The van der Waals surface area contributed by atoms with Crippen molar-refractivity contribution in [1.82, 2.24) is 14.6 Å². The molecule has 0 bridgehead atoms. The topological polar surface area (TPSA) is 117 Å². The standard InChI is InChI=1S/C17H11N7/c18-7-14-15(8-19)17(20)24(16(14)13-4-2-6-22-11-13)23-10-12-3-1-5-21-9-12/h1-6,9-11H,20H2/b23-10+. The summed E-state index contributed by atoms with van der Waals surface area (Å²) in [6.07, 6.45) is 8.07. The number of nitriles is 2. The first-order valence-corrected chi connectivity index (χ1v) is 6.95. The zero-order chi connectivity index (χ0) is 16.9. The Kier molecular flexibility index (Phi) is 4.00. The molecule has 0 radical (unpaired) electrons. The number of anilines is 1. The second kappa shape index (κ2) is 6.42. The summed E-state index contributed by atoms with van der Waals surface area (Å²) in [5.41, 5.74) is 8.14. The van der Waals surface area contributed by atoms with Crippen molar-refractivity contribution >= 4 is 12.0 Å². The van der Waals surface area contributed by atoms with Crippen molar-refractivity contribution in [1.29, 1.82) is 10.5 Å². The predicted molar refractivity (Wildman–Crippen MR) is 88.7 cm³/mol. The van der Waals surface area contributed by atoms with Gasteiger partial charge in [-0.15, -0.1) is 0 Å². The Morgan fingerprint density at radius 2 is 1.75 bits per heavy atom. The van der Waals surface area contributed by atoms with Crippen molar-refractivity contribution in [2.24, 2.45) is 5.10 Å². The fourth-order valence-corrected chi connectivity index (χ4v) is 2.27. The third-order valence-corrected chi connectivity index (χ3v) is 3.35. The summed E-state index contributed by atoms with van der Waals surface area (Å²) in [7, 11) is 0. The molecule has 24 heavy (non-hydrogen) atoms. The molecule has 0 aliphatic carbocycles. The molecule has 0 unspecified atom stereocenters. The van der Waals surface area contributed by atoms with E-state index in [4.69, 9.17) is 5.73 Å². The normalized spacial score (nSPS) is 10.4. The van der Waals surface area contributed by atoms with Crippen LogP contribution in [0, 0.1) is 22.7 Å². The van der Waals surface area contributed by atoms with Gasteiger partial charge in [0.1, 0.15) is 23.5 Å². The second-order valence-electron chi connectivity index (χ2n) is 4.79. The highest BCUT2D eigenvalue weighted by atomic mass is 15.4. The van der Waals surface area contributed by atoms with E-state index in [1.807, 2.05) is 18.2 Å². The maximum absolute atomic E-state index is 9.46. The van der Waals surface area contributed by atoms with E-state index in [2.05, 4.69) is 15.1 Å². The molecule has 0 spiro atoms. The minimum Gasteiger partial charge on any atom is -0.382 e. The minimum absolute atomic E-state index is 0.0969. The maximum atomic E-state index is 9.46. The molecule has 3 aromatic rings. The quantitative estimate of drug-likeness (QED) is 0.743. The van der Waals surface area contributed by atoms with Crippen molar-refractivity contribution in [3.8, 4) is 23.4 Å². The van der Waals surface area contributed by atoms with Gasteiger partial charge in [0.05, 0.1) is 17.5 Å². The van der Waals surface area contributed by atoms with Crippen molar-refractivity contribution in [3.63, 3.8) is 0 Å². The molecule has 7 nitrogen and oxygen atoms in total. The first kappa shape index (κ1) is 14.9. The number of nitrogens with zero attached hydrogens (tertiary/aromatic N) is 6. The van der Waals surface area contributed by atoms with Gasteiger partial charge >= 0.3 is 0 Å². The number of nitrogen functional groups attached to an aromatic ring is 1. The predicted octanol–water partition coefficient (Wildman–Crippen LogP) is 2.15. The van der Waals surface area contributed by atoms with Crippen LogP contribution >= 0.6 is 0 Å². The van der Waals surface area contributed by atoms with Crippen molar-refractivity contribution in [2.45, 2.75) is 0 Å². The van der Waals surface area contributed by atoms with Gasteiger partial charge in [-0.1, -0.05) is 6.07 Å². The number of nitrogens with two attached hydrogens (primary N) is 1. The lowest BCUT2D eigenvalue weighted by molar-refractivity contribution is 0.913. The van der Waals surface area contributed by atoms with Gasteiger partial charge in [0.2, 0.25) is 0 Å². The van der Waals surface area contributed by atoms with E-state index in [0.29, 0.717) is 11.3 Å². The van der Waals surface area contributed by atoms with Gasteiger partial charge in [-0.3, -0.25) is 9.97 Å². The summed E-state index contributed by atoms with van der Waals surface area (Å²) in [6, 6.07) is 11.1. The van der Waals surface area contributed by atoms with Crippen LogP contribution in [0.2, 0.25) is 0 Å². The SMILES string of the molecule is N#Cc1c(C#N)c(-c2cccnc2)n(/N=C/c2cccnc2)c1N. The molecule has 114 valence electrons. The van der Waals surface area contributed by atoms with Gasteiger partial charge in [0, 0.05) is 35.9 Å². The summed E-state index contributed by atoms with van der Waals surface area (Å²) >= 11 is 0. The zero-order valence-electron chi connectivity index (χ0n) is 12.5. The Balaban J connectivity index is 2.22. The van der Waals surface area contributed by atoms with Crippen LogP contribution in [0.15, 0.2) is 54.2 Å². The summed E-state index contributed by atoms with van der Waals surface area (Å²) in [5.74, 6) is 0.105. The van der Waals surface area contributed by atoms with Crippen molar-refractivity contribution in [2.75, 3.05) is 5.73 Å².